The summed E-state index contributed by atoms with van der Waals surface area (Å²) in [6, 6.07) is 2.65. The number of anilines is 1. The number of aromatic hydroxyl groups is 1. The highest BCUT2D eigenvalue weighted by Crippen LogP contribution is 2.29. The van der Waals surface area contributed by atoms with Crippen molar-refractivity contribution in [2.24, 2.45) is 5.73 Å². The third-order valence-electron chi connectivity index (χ3n) is 1.42. The average Bonchev–Trinajstić information content (AvgIpc) is 1.97. The zero-order chi connectivity index (χ0) is 9.30. The molecular formula is C7H7ClN2O2. The molecule has 5 N–H and O–H groups in total. The van der Waals surface area contributed by atoms with Crippen molar-refractivity contribution in [3.05, 3.63) is 22.7 Å². The molecule has 0 spiro atoms. The summed E-state index contributed by atoms with van der Waals surface area (Å²) < 4.78 is 0. The SMILES string of the molecule is NC(=O)c1c(Cl)ccc(O)c1N. The summed E-state index contributed by atoms with van der Waals surface area (Å²) in [5.74, 6) is -0.957. The summed E-state index contributed by atoms with van der Waals surface area (Å²) in [7, 11) is 0. The number of rotatable bonds is 1. The molecule has 64 valence electrons. The Morgan fingerprint density at radius 1 is 1.50 bits per heavy atom. The Labute approximate surface area is 73.7 Å². The van der Waals surface area contributed by atoms with Crippen LogP contribution in [-0.2, 0) is 0 Å². The van der Waals surface area contributed by atoms with E-state index in [0.29, 0.717) is 0 Å². The van der Waals surface area contributed by atoms with Gasteiger partial charge in [0.2, 0.25) is 0 Å². The predicted molar refractivity (Wildman–Crippen MR) is 46.0 cm³/mol. The lowest BCUT2D eigenvalue weighted by atomic mass is 10.1. The average molecular weight is 187 g/mol. The van der Waals surface area contributed by atoms with Crippen molar-refractivity contribution < 1.29 is 9.90 Å². The molecular weight excluding hydrogens is 180 g/mol. The first-order chi connectivity index (χ1) is 5.54. The molecule has 1 aromatic carbocycles. The number of hydrogen-bond acceptors (Lipinski definition) is 3. The molecule has 12 heavy (non-hydrogen) atoms. The van der Waals surface area contributed by atoms with Crippen LogP contribution in [0.25, 0.3) is 0 Å². The first kappa shape index (κ1) is 8.67. The number of carbonyl (C=O) groups excluding carboxylic acids is 1. The second-order valence-electron chi connectivity index (χ2n) is 2.22. The number of benzene rings is 1. The lowest BCUT2D eigenvalue weighted by Gasteiger charge is -2.04. The number of primary amides is 1. The van der Waals surface area contributed by atoms with Crippen molar-refractivity contribution in [3.63, 3.8) is 0 Å². The molecule has 0 heterocycles. The minimum Gasteiger partial charge on any atom is -0.506 e. The third kappa shape index (κ3) is 1.29. The normalized spacial score (nSPS) is 9.75. The molecule has 0 aliphatic heterocycles. The summed E-state index contributed by atoms with van der Waals surface area (Å²) in [5.41, 5.74) is 10.2. The van der Waals surface area contributed by atoms with E-state index < -0.39 is 5.91 Å². The molecule has 0 radical (unpaired) electrons. The molecule has 1 rings (SSSR count). The van der Waals surface area contributed by atoms with Crippen molar-refractivity contribution in [1.29, 1.82) is 0 Å². The molecule has 0 atom stereocenters. The van der Waals surface area contributed by atoms with Gasteiger partial charge in [-0.3, -0.25) is 4.79 Å². The molecule has 0 saturated heterocycles. The van der Waals surface area contributed by atoms with Crippen LogP contribution in [0.2, 0.25) is 5.02 Å². The molecule has 0 fully saturated rings. The Morgan fingerprint density at radius 2 is 2.08 bits per heavy atom. The minimum absolute atomic E-state index is 0.0448. The minimum atomic E-state index is -0.756. The molecule has 0 saturated carbocycles. The number of carbonyl (C=O) groups is 1. The number of halogens is 1. The summed E-state index contributed by atoms with van der Waals surface area (Å²) in [6.07, 6.45) is 0. The van der Waals surface area contributed by atoms with E-state index in [4.69, 9.17) is 28.2 Å². The van der Waals surface area contributed by atoms with Gasteiger partial charge in [-0.15, -0.1) is 0 Å². The Morgan fingerprint density at radius 3 is 2.50 bits per heavy atom. The molecule has 0 bridgehead atoms. The Kier molecular flexibility index (Phi) is 2.10. The maximum Gasteiger partial charge on any atom is 0.252 e. The highest BCUT2D eigenvalue weighted by atomic mass is 35.5. The highest BCUT2D eigenvalue weighted by molar-refractivity contribution is 6.34. The van der Waals surface area contributed by atoms with Crippen molar-refractivity contribution >= 4 is 23.2 Å². The zero-order valence-corrected chi connectivity index (χ0v) is 6.80. The molecule has 0 aliphatic rings. The molecule has 0 aliphatic carbocycles. The van der Waals surface area contributed by atoms with E-state index in [1.165, 1.54) is 12.1 Å². The van der Waals surface area contributed by atoms with Gasteiger partial charge in [0.25, 0.3) is 5.91 Å². The van der Waals surface area contributed by atoms with Crippen LogP contribution in [0.15, 0.2) is 12.1 Å². The van der Waals surface area contributed by atoms with E-state index >= 15 is 0 Å². The molecule has 5 heteroatoms. The van der Waals surface area contributed by atoms with E-state index in [0.717, 1.165) is 0 Å². The predicted octanol–water partition coefficient (Wildman–Crippen LogP) is 0.727. The van der Waals surface area contributed by atoms with Gasteiger partial charge in [-0.25, -0.2) is 0 Å². The van der Waals surface area contributed by atoms with E-state index in [-0.39, 0.29) is 22.0 Å². The van der Waals surface area contributed by atoms with Gasteiger partial charge >= 0.3 is 0 Å². The molecule has 1 aromatic rings. The number of phenolic OH excluding ortho intramolecular Hbond substituents is 1. The van der Waals surface area contributed by atoms with Gasteiger partial charge in [-0.1, -0.05) is 11.6 Å². The lowest BCUT2D eigenvalue weighted by molar-refractivity contribution is 0.100. The molecule has 0 unspecified atom stereocenters. The topological polar surface area (TPSA) is 89.3 Å². The summed E-state index contributed by atoms with van der Waals surface area (Å²) in [6.45, 7) is 0. The van der Waals surface area contributed by atoms with Gasteiger partial charge in [0.05, 0.1) is 16.3 Å². The van der Waals surface area contributed by atoms with Crippen LogP contribution in [0.3, 0.4) is 0 Å². The summed E-state index contributed by atoms with van der Waals surface area (Å²) >= 11 is 5.60. The number of amides is 1. The van der Waals surface area contributed by atoms with Gasteiger partial charge in [-0.05, 0) is 12.1 Å². The van der Waals surface area contributed by atoms with E-state index in [1.54, 1.807) is 0 Å². The second kappa shape index (κ2) is 2.91. The first-order valence-electron chi connectivity index (χ1n) is 3.10. The molecule has 1 amide bonds. The maximum absolute atomic E-state index is 10.7. The fourth-order valence-electron chi connectivity index (χ4n) is 0.832. The van der Waals surface area contributed by atoms with E-state index in [9.17, 15) is 4.79 Å². The summed E-state index contributed by atoms with van der Waals surface area (Å²) in [4.78, 5) is 10.7. The van der Waals surface area contributed by atoms with Crippen molar-refractivity contribution in [2.45, 2.75) is 0 Å². The lowest BCUT2D eigenvalue weighted by Crippen LogP contribution is -2.14. The van der Waals surface area contributed by atoms with Crippen LogP contribution in [0, 0.1) is 0 Å². The Hall–Kier alpha value is -1.42. The molecule has 4 nitrogen and oxygen atoms in total. The zero-order valence-electron chi connectivity index (χ0n) is 6.04. The van der Waals surface area contributed by atoms with Crippen LogP contribution >= 0.6 is 11.6 Å². The highest BCUT2D eigenvalue weighted by Gasteiger charge is 2.13. The van der Waals surface area contributed by atoms with E-state index in [2.05, 4.69) is 0 Å². The van der Waals surface area contributed by atoms with Crippen LogP contribution < -0.4 is 11.5 Å². The van der Waals surface area contributed by atoms with Gasteiger partial charge in [-0.2, -0.15) is 0 Å². The maximum atomic E-state index is 10.7. The van der Waals surface area contributed by atoms with Crippen molar-refractivity contribution in [2.75, 3.05) is 5.73 Å². The molecule has 0 aromatic heterocycles. The summed E-state index contributed by atoms with van der Waals surface area (Å²) in [5, 5.41) is 9.22. The van der Waals surface area contributed by atoms with Crippen LogP contribution in [-0.4, -0.2) is 11.0 Å². The van der Waals surface area contributed by atoms with E-state index in [1.807, 2.05) is 0 Å². The third-order valence-corrected chi connectivity index (χ3v) is 1.73. The second-order valence-corrected chi connectivity index (χ2v) is 2.63. The first-order valence-corrected chi connectivity index (χ1v) is 3.48. The van der Waals surface area contributed by atoms with Crippen molar-refractivity contribution in [1.82, 2.24) is 0 Å². The Bertz CT molecular complexity index is 338. The van der Waals surface area contributed by atoms with Crippen LogP contribution in [0.4, 0.5) is 5.69 Å². The number of hydrogen-bond donors (Lipinski definition) is 3. The van der Waals surface area contributed by atoms with Crippen molar-refractivity contribution in [3.8, 4) is 5.75 Å². The monoisotopic (exact) mass is 186 g/mol. The standard InChI is InChI=1S/C7H7ClN2O2/c8-3-1-2-4(11)6(9)5(3)7(10)12/h1-2,11H,9H2,(H2,10,12). The van der Waals surface area contributed by atoms with Gasteiger partial charge in [0, 0.05) is 0 Å². The number of nitrogens with two attached hydrogens (primary N) is 2. The fourth-order valence-corrected chi connectivity index (χ4v) is 1.09. The van der Waals surface area contributed by atoms with Gasteiger partial charge < -0.3 is 16.6 Å². The van der Waals surface area contributed by atoms with Crippen LogP contribution in [0.1, 0.15) is 10.4 Å². The quantitative estimate of drug-likeness (QED) is 0.446. The van der Waals surface area contributed by atoms with Gasteiger partial charge in [0.1, 0.15) is 5.75 Å². The van der Waals surface area contributed by atoms with Crippen LogP contribution in [0.5, 0.6) is 5.75 Å². The number of nitrogen functional groups attached to an aromatic ring is 1. The Balaban J connectivity index is 3.43. The largest absolute Gasteiger partial charge is 0.506 e. The smallest absolute Gasteiger partial charge is 0.252 e. The van der Waals surface area contributed by atoms with Gasteiger partial charge in [0.15, 0.2) is 0 Å². The fraction of sp³-hybridized carbons (Fsp3) is 0. The number of phenols is 1.